The summed E-state index contributed by atoms with van der Waals surface area (Å²) in [5.41, 5.74) is 2.77. The standard InChI is InChI=1S/C25H27N3O7.CH3.W/c1-27-8-4-5-11-6-7-15(29)17-13(11)9-12-10-14-19(28(2)3)21(31)18(24(26)34)23(33)25(14,35)22(32)16(12)20(17)30;;/h6-7,12,14,19,27,29-30,33,35H,8-10H2,1-3H3,(H2,26,34);1H3;/q;-1;/t12-,14-,19-,25-;;/m0../s1. The van der Waals surface area contributed by atoms with Crippen LogP contribution in [0.25, 0.3) is 5.76 Å². The number of phenolic OH excluding ortho intramolecular Hbond substituents is 1. The maximum atomic E-state index is 13.7. The van der Waals surface area contributed by atoms with Crippen LogP contribution in [-0.2, 0) is 41.9 Å². The van der Waals surface area contributed by atoms with Crippen molar-refractivity contribution in [3.05, 3.63) is 53.2 Å². The number of hydrogen-bond acceptors (Lipinski definition) is 9. The summed E-state index contributed by atoms with van der Waals surface area (Å²) in [6.07, 6.45) is 0.233. The molecule has 0 aromatic heterocycles. The van der Waals surface area contributed by atoms with E-state index in [0.29, 0.717) is 17.7 Å². The summed E-state index contributed by atoms with van der Waals surface area (Å²) >= 11 is 0. The molecule has 1 fully saturated rings. The van der Waals surface area contributed by atoms with Crippen LogP contribution in [0.4, 0.5) is 0 Å². The topological polar surface area (TPSA) is 173 Å². The number of amides is 1. The first-order valence-corrected chi connectivity index (χ1v) is 11.1. The zero-order chi connectivity index (χ0) is 25.8. The summed E-state index contributed by atoms with van der Waals surface area (Å²) in [4.78, 5) is 40.3. The maximum Gasteiger partial charge on any atom is 0.255 e. The van der Waals surface area contributed by atoms with Crippen LogP contribution < -0.4 is 11.1 Å². The predicted molar refractivity (Wildman–Crippen MR) is 131 cm³/mol. The number of rotatable bonds is 3. The van der Waals surface area contributed by atoms with Gasteiger partial charge in [0, 0.05) is 38.1 Å². The molecule has 3 aliphatic rings. The predicted octanol–water partition coefficient (Wildman–Crippen LogP) is -0.0173. The summed E-state index contributed by atoms with van der Waals surface area (Å²) in [7, 11) is 4.86. The Morgan fingerprint density at radius 3 is 2.46 bits per heavy atom. The molecule has 4 atom stereocenters. The smallest absolute Gasteiger partial charge is 0.255 e. The van der Waals surface area contributed by atoms with E-state index in [1.807, 2.05) is 0 Å². The van der Waals surface area contributed by atoms with Gasteiger partial charge in [0.2, 0.25) is 5.78 Å². The number of hydrogen-bond donors (Lipinski definition) is 6. The van der Waals surface area contributed by atoms with Crippen LogP contribution in [0.3, 0.4) is 0 Å². The Hall–Kier alpha value is -2.96. The maximum absolute atomic E-state index is 13.7. The van der Waals surface area contributed by atoms with Crippen LogP contribution in [0.5, 0.6) is 5.75 Å². The Morgan fingerprint density at radius 1 is 1.24 bits per heavy atom. The quantitative estimate of drug-likeness (QED) is 0.146. The van der Waals surface area contributed by atoms with Gasteiger partial charge >= 0.3 is 0 Å². The van der Waals surface area contributed by atoms with E-state index in [1.165, 1.54) is 11.0 Å². The second-order valence-electron chi connectivity index (χ2n) is 9.28. The van der Waals surface area contributed by atoms with Crippen molar-refractivity contribution in [3.63, 3.8) is 0 Å². The number of ketones is 2. The molecule has 1 aromatic rings. The van der Waals surface area contributed by atoms with E-state index in [1.54, 1.807) is 27.2 Å². The number of Topliss-reactive ketones (excluding diaryl/α,β-unsaturated/α-hetero) is 2. The van der Waals surface area contributed by atoms with Gasteiger partial charge in [0.05, 0.1) is 18.2 Å². The molecule has 0 aliphatic heterocycles. The number of carbonyl (C=O) groups excluding carboxylic acids is 3. The second kappa shape index (κ2) is 10.8. The van der Waals surface area contributed by atoms with Crippen molar-refractivity contribution in [1.82, 2.24) is 10.2 Å². The number of nitrogens with two attached hydrogens (primary N) is 1. The van der Waals surface area contributed by atoms with E-state index in [-0.39, 0.29) is 58.2 Å². The third-order valence-electron chi connectivity index (χ3n) is 7.09. The molecule has 0 spiro atoms. The molecule has 198 valence electrons. The molecule has 4 rings (SSSR count). The number of aliphatic hydroxyl groups excluding tert-OH is 2. The summed E-state index contributed by atoms with van der Waals surface area (Å²) < 4.78 is 0. The van der Waals surface area contributed by atoms with Gasteiger partial charge < -0.3 is 38.9 Å². The van der Waals surface area contributed by atoms with Crippen LogP contribution >= 0.6 is 0 Å². The van der Waals surface area contributed by atoms with Crippen molar-refractivity contribution >= 4 is 23.2 Å². The summed E-state index contributed by atoms with van der Waals surface area (Å²) in [6.45, 7) is 0.417. The average Bonchev–Trinajstić information content (AvgIpc) is 2.77. The average molecular weight is 680 g/mol. The monoisotopic (exact) mass is 680 g/mol. The molecule has 1 amide bonds. The fraction of sp³-hybridized carbons (Fsp3) is 0.385. The number of fused-ring (bicyclic) bond motifs is 3. The van der Waals surface area contributed by atoms with Crippen molar-refractivity contribution in [2.45, 2.75) is 24.5 Å². The zero-order valence-corrected chi connectivity index (χ0v) is 23.9. The zero-order valence-electron chi connectivity index (χ0n) is 21.0. The molecular formula is C26H30N3O7W-. The van der Waals surface area contributed by atoms with Gasteiger partial charge in [0.15, 0.2) is 11.4 Å². The van der Waals surface area contributed by atoms with E-state index in [4.69, 9.17) is 5.73 Å². The first kappa shape index (κ1) is 30.3. The van der Waals surface area contributed by atoms with Gasteiger partial charge in [-0.3, -0.25) is 19.3 Å². The van der Waals surface area contributed by atoms with Crippen LogP contribution in [0.1, 0.15) is 23.1 Å². The summed E-state index contributed by atoms with van der Waals surface area (Å²) in [6, 6.07) is 1.86. The number of nitrogens with zero attached hydrogens (tertiary/aromatic N) is 1. The SMILES string of the molecule is CNCC#Cc1ccc(O)c2c1C[C@H]1C[C@H]3[C@H](N(C)C)C(=O)C(C(N)=O)=C(O)[C@@]3(O)C(=O)C1=C2O.[CH3-].[W]. The molecular weight excluding hydrogens is 650 g/mol. The van der Waals surface area contributed by atoms with Crippen LogP contribution in [0.15, 0.2) is 29.0 Å². The minimum absolute atomic E-state index is 0. The van der Waals surface area contributed by atoms with Gasteiger partial charge in [-0.2, -0.15) is 0 Å². The van der Waals surface area contributed by atoms with Crippen molar-refractivity contribution in [1.29, 1.82) is 0 Å². The Bertz CT molecular complexity index is 1290. The number of likely N-dealkylation sites (N-methyl/N-ethyl adjacent to an activating group) is 1. The number of primary amides is 1. The fourth-order valence-corrected chi connectivity index (χ4v) is 5.59. The molecule has 3 aliphatic carbocycles. The number of carbonyl (C=O) groups is 3. The minimum atomic E-state index is -2.65. The molecule has 1 saturated carbocycles. The second-order valence-corrected chi connectivity index (χ2v) is 9.28. The molecule has 0 saturated heterocycles. The number of aromatic hydroxyl groups is 1. The molecule has 11 heteroatoms. The van der Waals surface area contributed by atoms with E-state index in [0.717, 1.165) is 0 Å². The Morgan fingerprint density at radius 2 is 1.89 bits per heavy atom. The first-order valence-electron chi connectivity index (χ1n) is 11.1. The third kappa shape index (κ3) is 4.40. The molecule has 7 N–H and O–H groups in total. The van der Waals surface area contributed by atoms with Crippen molar-refractivity contribution in [3.8, 4) is 17.6 Å². The third-order valence-corrected chi connectivity index (χ3v) is 7.09. The van der Waals surface area contributed by atoms with E-state index in [9.17, 15) is 34.8 Å². The Kier molecular flexibility index (Phi) is 8.83. The van der Waals surface area contributed by atoms with Crippen molar-refractivity contribution < 1.29 is 55.9 Å². The van der Waals surface area contributed by atoms with Crippen molar-refractivity contribution in [2.24, 2.45) is 17.6 Å². The Labute approximate surface area is 229 Å². The number of aliphatic hydroxyl groups is 3. The largest absolute Gasteiger partial charge is 0.508 e. The van der Waals surface area contributed by atoms with Gasteiger partial charge in [-0.15, -0.1) is 0 Å². The van der Waals surface area contributed by atoms with Gasteiger partial charge in [0.25, 0.3) is 5.91 Å². The summed E-state index contributed by atoms with van der Waals surface area (Å²) in [5, 5.41) is 47.0. The molecule has 10 nitrogen and oxygen atoms in total. The van der Waals surface area contributed by atoms with E-state index >= 15 is 0 Å². The molecule has 0 radical (unpaired) electrons. The number of benzene rings is 1. The van der Waals surface area contributed by atoms with Crippen molar-refractivity contribution in [2.75, 3.05) is 27.7 Å². The molecule has 0 unspecified atom stereocenters. The molecule has 1 aromatic carbocycles. The normalized spacial score (nSPS) is 26.2. The van der Waals surface area contributed by atoms with Gasteiger partial charge in [-0.05, 0) is 57.6 Å². The van der Waals surface area contributed by atoms with Gasteiger partial charge in [-0.25, -0.2) is 0 Å². The van der Waals surface area contributed by atoms with Crippen LogP contribution in [0.2, 0.25) is 0 Å². The van der Waals surface area contributed by atoms with Gasteiger partial charge in [-0.1, -0.05) is 11.8 Å². The Balaban J connectivity index is 0.00000241. The summed E-state index contributed by atoms with van der Waals surface area (Å²) in [5.74, 6) is -0.815. The molecule has 0 bridgehead atoms. The van der Waals surface area contributed by atoms with Crippen LogP contribution in [-0.4, -0.2) is 82.1 Å². The van der Waals surface area contributed by atoms with E-state index in [2.05, 4.69) is 17.2 Å². The number of phenols is 1. The first-order chi connectivity index (χ1) is 16.5. The van der Waals surface area contributed by atoms with Gasteiger partial charge in [0.1, 0.15) is 22.8 Å². The number of nitrogens with one attached hydrogen (secondary N) is 1. The minimum Gasteiger partial charge on any atom is -0.508 e. The molecule has 37 heavy (non-hydrogen) atoms. The fourth-order valence-electron chi connectivity index (χ4n) is 5.59. The van der Waals surface area contributed by atoms with E-state index < -0.39 is 58.0 Å². The molecule has 0 heterocycles. The van der Waals surface area contributed by atoms with Crippen LogP contribution in [0, 0.1) is 31.1 Å².